The molecular formula is C39H27N3. The van der Waals surface area contributed by atoms with Gasteiger partial charge in [0.15, 0.2) is 0 Å². The van der Waals surface area contributed by atoms with Gasteiger partial charge in [-0.15, -0.1) is 0 Å². The Bertz CT molecular complexity index is 2410. The molecule has 1 atom stereocenters. The van der Waals surface area contributed by atoms with Crippen LogP contribution in [0.25, 0.3) is 77.5 Å². The van der Waals surface area contributed by atoms with E-state index < -0.39 is 0 Å². The van der Waals surface area contributed by atoms with Crippen LogP contribution in [0.1, 0.15) is 18.1 Å². The SMILES string of the molecule is CC1C=Cc2c(ccc3c4ccccc4n(-c4nc(-c5ccc6ccccc6c5)c5ccc6ccccc6c5n4)c23)C1. The van der Waals surface area contributed by atoms with E-state index in [-0.39, 0.29) is 0 Å². The van der Waals surface area contributed by atoms with Crippen molar-refractivity contribution in [1.29, 1.82) is 0 Å². The maximum absolute atomic E-state index is 5.42. The monoisotopic (exact) mass is 537 g/mol. The van der Waals surface area contributed by atoms with Crippen LogP contribution in [-0.4, -0.2) is 14.5 Å². The van der Waals surface area contributed by atoms with Crippen LogP contribution in [0.4, 0.5) is 0 Å². The summed E-state index contributed by atoms with van der Waals surface area (Å²) in [5.74, 6) is 1.23. The molecule has 8 aromatic rings. The Morgan fingerprint density at radius 3 is 2.29 bits per heavy atom. The average Bonchev–Trinajstić information content (AvgIpc) is 3.38. The van der Waals surface area contributed by atoms with E-state index >= 15 is 0 Å². The van der Waals surface area contributed by atoms with Gasteiger partial charge in [-0.3, -0.25) is 4.57 Å². The number of aromatic nitrogens is 3. The summed E-state index contributed by atoms with van der Waals surface area (Å²) in [4.78, 5) is 10.8. The second kappa shape index (κ2) is 8.86. The van der Waals surface area contributed by atoms with Crippen molar-refractivity contribution in [2.24, 2.45) is 5.92 Å². The fourth-order valence-corrected chi connectivity index (χ4v) is 6.88. The van der Waals surface area contributed by atoms with Crippen LogP contribution in [0.15, 0.2) is 121 Å². The first-order valence-electron chi connectivity index (χ1n) is 14.7. The minimum absolute atomic E-state index is 0.524. The molecule has 0 N–H and O–H groups in total. The number of para-hydroxylation sites is 1. The molecule has 198 valence electrons. The van der Waals surface area contributed by atoms with Crippen LogP contribution in [-0.2, 0) is 6.42 Å². The number of fused-ring (bicyclic) bond motifs is 9. The second-order valence-electron chi connectivity index (χ2n) is 11.5. The van der Waals surface area contributed by atoms with Crippen molar-refractivity contribution in [3.8, 4) is 17.2 Å². The van der Waals surface area contributed by atoms with Crippen molar-refractivity contribution < 1.29 is 0 Å². The van der Waals surface area contributed by atoms with E-state index in [4.69, 9.17) is 9.97 Å². The molecule has 6 aromatic carbocycles. The van der Waals surface area contributed by atoms with Gasteiger partial charge in [-0.2, -0.15) is 0 Å². The highest BCUT2D eigenvalue weighted by Gasteiger charge is 2.22. The van der Waals surface area contributed by atoms with Crippen LogP contribution in [0, 0.1) is 5.92 Å². The van der Waals surface area contributed by atoms with Crippen LogP contribution in [0.3, 0.4) is 0 Å². The Balaban J connectivity index is 1.44. The second-order valence-corrected chi connectivity index (χ2v) is 11.5. The Hall–Kier alpha value is -5.28. The van der Waals surface area contributed by atoms with E-state index in [0.29, 0.717) is 11.9 Å². The molecule has 0 amide bonds. The zero-order chi connectivity index (χ0) is 27.8. The molecule has 9 rings (SSSR count). The molecule has 3 nitrogen and oxygen atoms in total. The van der Waals surface area contributed by atoms with Crippen molar-refractivity contribution in [1.82, 2.24) is 14.5 Å². The summed E-state index contributed by atoms with van der Waals surface area (Å²) in [6, 6.07) is 41.3. The molecule has 42 heavy (non-hydrogen) atoms. The summed E-state index contributed by atoms with van der Waals surface area (Å²) >= 11 is 0. The third-order valence-corrected chi connectivity index (χ3v) is 8.90. The van der Waals surface area contributed by atoms with Gasteiger partial charge in [0.1, 0.15) is 0 Å². The highest BCUT2D eigenvalue weighted by Crippen LogP contribution is 2.39. The minimum Gasteiger partial charge on any atom is -0.277 e. The molecule has 0 fully saturated rings. The van der Waals surface area contributed by atoms with Crippen molar-refractivity contribution >= 4 is 60.3 Å². The fraction of sp³-hybridized carbons (Fsp3) is 0.0769. The van der Waals surface area contributed by atoms with E-state index in [1.807, 2.05) is 0 Å². The van der Waals surface area contributed by atoms with E-state index in [1.165, 1.54) is 43.6 Å². The first-order valence-corrected chi connectivity index (χ1v) is 14.7. The standard InChI is InChI=1S/C39H27N3/c1-24-14-19-31-28(22-24)18-20-33-32-12-6-7-13-35(32)42(38(31)33)39-40-36(29-16-15-25-8-2-3-10-27(25)23-29)34-21-17-26-9-4-5-11-30(26)37(34)41-39/h2-21,23-24H,22H2,1H3. The molecule has 0 aliphatic heterocycles. The molecule has 0 saturated carbocycles. The topological polar surface area (TPSA) is 30.7 Å². The maximum Gasteiger partial charge on any atom is 0.235 e. The molecule has 2 heterocycles. The normalized spacial score (nSPS) is 14.8. The average molecular weight is 538 g/mol. The zero-order valence-corrected chi connectivity index (χ0v) is 23.3. The third-order valence-electron chi connectivity index (χ3n) is 8.90. The van der Waals surface area contributed by atoms with Crippen LogP contribution in [0.2, 0.25) is 0 Å². The van der Waals surface area contributed by atoms with Crippen molar-refractivity contribution in [3.05, 3.63) is 132 Å². The summed E-state index contributed by atoms with van der Waals surface area (Å²) in [6.07, 6.45) is 5.68. The quantitative estimate of drug-likeness (QED) is 0.205. The molecule has 1 unspecified atom stereocenters. The highest BCUT2D eigenvalue weighted by molar-refractivity contribution is 6.13. The molecule has 3 heteroatoms. The summed E-state index contributed by atoms with van der Waals surface area (Å²) in [7, 11) is 0. The van der Waals surface area contributed by atoms with Crippen LogP contribution in [0.5, 0.6) is 0 Å². The Labute approximate surface area is 243 Å². The molecule has 0 saturated heterocycles. The smallest absolute Gasteiger partial charge is 0.235 e. The lowest BCUT2D eigenvalue weighted by molar-refractivity contribution is 0.718. The van der Waals surface area contributed by atoms with Gasteiger partial charge in [-0.05, 0) is 52.3 Å². The van der Waals surface area contributed by atoms with E-state index in [2.05, 4.69) is 139 Å². The number of nitrogens with zero attached hydrogens (tertiary/aromatic N) is 3. The molecule has 2 aromatic heterocycles. The number of rotatable bonds is 2. The van der Waals surface area contributed by atoms with E-state index in [1.54, 1.807) is 0 Å². The minimum atomic E-state index is 0.524. The molecular weight excluding hydrogens is 510 g/mol. The summed E-state index contributed by atoms with van der Waals surface area (Å²) in [6.45, 7) is 2.28. The van der Waals surface area contributed by atoms with Gasteiger partial charge in [0.05, 0.1) is 22.2 Å². The van der Waals surface area contributed by atoms with Crippen molar-refractivity contribution in [3.63, 3.8) is 0 Å². The molecule has 0 bridgehead atoms. The van der Waals surface area contributed by atoms with Gasteiger partial charge in [0, 0.05) is 32.7 Å². The first-order chi connectivity index (χ1) is 20.7. The number of hydrogen-bond acceptors (Lipinski definition) is 2. The lowest BCUT2D eigenvalue weighted by atomic mass is 9.89. The lowest BCUT2D eigenvalue weighted by Gasteiger charge is -2.18. The highest BCUT2D eigenvalue weighted by atomic mass is 15.2. The third kappa shape index (κ3) is 3.40. The predicted molar refractivity (Wildman–Crippen MR) is 176 cm³/mol. The van der Waals surface area contributed by atoms with Crippen molar-refractivity contribution in [2.75, 3.05) is 0 Å². The van der Waals surface area contributed by atoms with Gasteiger partial charge in [0.25, 0.3) is 0 Å². The summed E-state index contributed by atoms with van der Waals surface area (Å²) in [5.41, 5.74) is 7.97. The number of hydrogen-bond donors (Lipinski definition) is 0. The number of benzene rings is 6. The van der Waals surface area contributed by atoms with Crippen LogP contribution < -0.4 is 0 Å². The molecule has 0 radical (unpaired) electrons. The fourth-order valence-electron chi connectivity index (χ4n) is 6.88. The molecule has 1 aliphatic rings. The zero-order valence-electron chi connectivity index (χ0n) is 23.3. The van der Waals surface area contributed by atoms with E-state index in [9.17, 15) is 0 Å². The maximum atomic E-state index is 5.42. The van der Waals surface area contributed by atoms with E-state index in [0.717, 1.165) is 39.5 Å². The van der Waals surface area contributed by atoms with Crippen molar-refractivity contribution in [2.45, 2.75) is 13.3 Å². The number of allylic oxidation sites excluding steroid dienone is 1. The van der Waals surface area contributed by atoms with Gasteiger partial charge in [0.2, 0.25) is 5.95 Å². The molecule has 1 aliphatic carbocycles. The Morgan fingerprint density at radius 2 is 1.38 bits per heavy atom. The van der Waals surface area contributed by atoms with Crippen LogP contribution >= 0.6 is 0 Å². The molecule has 0 spiro atoms. The summed E-state index contributed by atoms with van der Waals surface area (Å²) < 4.78 is 2.30. The summed E-state index contributed by atoms with van der Waals surface area (Å²) in [5, 5.41) is 8.25. The van der Waals surface area contributed by atoms with Gasteiger partial charge in [-0.25, -0.2) is 9.97 Å². The van der Waals surface area contributed by atoms with Gasteiger partial charge >= 0.3 is 0 Å². The Kier molecular flexibility index (Phi) is 4.94. The Morgan fingerprint density at radius 1 is 0.643 bits per heavy atom. The van der Waals surface area contributed by atoms with Gasteiger partial charge < -0.3 is 0 Å². The lowest BCUT2D eigenvalue weighted by Crippen LogP contribution is -2.07. The predicted octanol–water partition coefficient (Wildman–Crippen LogP) is 9.91. The largest absolute Gasteiger partial charge is 0.277 e. The first kappa shape index (κ1) is 23.4. The van der Waals surface area contributed by atoms with Gasteiger partial charge in [-0.1, -0.05) is 116 Å².